The standard InChI is InChI=1S/C19H26N6O2/c1-13-17(23-19(26)22-15-7-5-6-8-16(15)27-4)14(2)21-18(20-13)25-11-9-24(3)10-12-25/h5-8H,9-12H2,1-4H3,(H2,22,23,26). The molecule has 1 saturated heterocycles. The number of piperazine rings is 1. The van der Waals surface area contributed by atoms with Gasteiger partial charge in [0.1, 0.15) is 5.75 Å². The van der Waals surface area contributed by atoms with Crippen molar-refractivity contribution >= 4 is 23.4 Å². The van der Waals surface area contributed by atoms with E-state index >= 15 is 0 Å². The smallest absolute Gasteiger partial charge is 0.323 e. The monoisotopic (exact) mass is 370 g/mol. The number of urea groups is 1. The molecule has 2 amide bonds. The number of aryl methyl sites for hydroxylation is 2. The van der Waals surface area contributed by atoms with Crippen LogP contribution in [0.5, 0.6) is 5.75 Å². The summed E-state index contributed by atoms with van der Waals surface area (Å²) in [7, 11) is 3.68. The van der Waals surface area contributed by atoms with Gasteiger partial charge in [0, 0.05) is 26.2 Å². The number of para-hydroxylation sites is 2. The molecule has 0 atom stereocenters. The Labute approximate surface area is 159 Å². The van der Waals surface area contributed by atoms with Crippen LogP contribution in [0.15, 0.2) is 24.3 Å². The van der Waals surface area contributed by atoms with E-state index < -0.39 is 0 Å². The molecular formula is C19H26N6O2. The van der Waals surface area contributed by atoms with Crippen molar-refractivity contribution in [3.8, 4) is 5.75 Å². The van der Waals surface area contributed by atoms with E-state index in [1.54, 1.807) is 19.2 Å². The number of methoxy groups -OCH3 is 1. The lowest BCUT2D eigenvalue weighted by Gasteiger charge is -2.32. The molecule has 27 heavy (non-hydrogen) atoms. The number of aromatic nitrogens is 2. The number of ether oxygens (including phenoxy) is 1. The van der Waals surface area contributed by atoms with Crippen LogP contribution in [0.2, 0.25) is 0 Å². The average Bonchev–Trinajstić information content (AvgIpc) is 2.65. The number of amides is 2. The number of nitrogens with zero attached hydrogens (tertiary/aromatic N) is 4. The van der Waals surface area contributed by atoms with Gasteiger partial charge in [-0.05, 0) is 33.0 Å². The quantitative estimate of drug-likeness (QED) is 0.860. The minimum Gasteiger partial charge on any atom is -0.495 e. The summed E-state index contributed by atoms with van der Waals surface area (Å²) >= 11 is 0. The van der Waals surface area contributed by atoms with Crippen LogP contribution in [0.4, 0.5) is 22.1 Å². The zero-order valence-electron chi connectivity index (χ0n) is 16.2. The SMILES string of the molecule is COc1ccccc1NC(=O)Nc1c(C)nc(N2CCN(C)CC2)nc1C. The third kappa shape index (κ3) is 4.46. The summed E-state index contributed by atoms with van der Waals surface area (Å²) in [4.78, 5) is 26.1. The normalized spacial score (nSPS) is 14.7. The van der Waals surface area contributed by atoms with Gasteiger partial charge in [0.25, 0.3) is 0 Å². The molecule has 1 aromatic carbocycles. The van der Waals surface area contributed by atoms with Crippen LogP contribution in [0, 0.1) is 13.8 Å². The fourth-order valence-corrected chi connectivity index (χ4v) is 3.04. The number of anilines is 3. The number of carbonyl (C=O) groups is 1. The predicted molar refractivity (Wildman–Crippen MR) is 107 cm³/mol. The highest BCUT2D eigenvalue weighted by atomic mass is 16.5. The summed E-state index contributed by atoms with van der Waals surface area (Å²) in [5, 5.41) is 5.66. The van der Waals surface area contributed by atoms with E-state index in [2.05, 4.69) is 37.4 Å². The summed E-state index contributed by atoms with van der Waals surface area (Å²) in [6.07, 6.45) is 0. The molecule has 1 aromatic heterocycles. The van der Waals surface area contributed by atoms with Crippen LogP contribution in [-0.2, 0) is 0 Å². The Balaban J connectivity index is 1.72. The number of carbonyl (C=O) groups excluding carboxylic acids is 1. The summed E-state index contributed by atoms with van der Waals surface area (Å²) in [6.45, 7) is 7.54. The maximum absolute atomic E-state index is 12.4. The minimum absolute atomic E-state index is 0.360. The maximum atomic E-state index is 12.4. The number of hydrogen-bond acceptors (Lipinski definition) is 6. The van der Waals surface area contributed by atoms with Crippen molar-refractivity contribution in [2.45, 2.75) is 13.8 Å². The first kappa shape index (κ1) is 18.9. The van der Waals surface area contributed by atoms with Crippen molar-refractivity contribution in [1.82, 2.24) is 14.9 Å². The van der Waals surface area contributed by atoms with E-state index in [0.29, 0.717) is 23.1 Å². The fourth-order valence-electron chi connectivity index (χ4n) is 3.04. The molecule has 0 bridgehead atoms. The number of nitrogens with one attached hydrogen (secondary N) is 2. The molecular weight excluding hydrogens is 344 g/mol. The van der Waals surface area contributed by atoms with Crippen molar-refractivity contribution in [3.05, 3.63) is 35.7 Å². The summed E-state index contributed by atoms with van der Waals surface area (Å²) < 4.78 is 5.26. The summed E-state index contributed by atoms with van der Waals surface area (Å²) in [6, 6.07) is 6.90. The lowest BCUT2D eigenvalue weighted by Crippen LogP contribution is -2.45. The number of rotatable bonds is 4. The van der Waals surface area contributed by atoms with Crippen LogP contribution >= 0.6 is 0 Å². The topological polar surface area (TPSA) is 82.6 Å². The molecule has 2 N–H and O–H groups in total. The molecule has 2 aromatic rings. The molecule has 144 valence electrons. The van der Waals surface area contributed by atoms with Crippen LogP contribution in [0.25, 0.3) is 0 Å². The Morgan fingerprint density at radius 3 is 2.30 bits per heavy atom. The molecule has 2 heterocycles. The van der Waals surface area contributed by atoms with E-state index in [1.165, 1.54) is 0 Å². The largest absolute Gasteiger partial charge is 0.495 e. The number of hydrogen-bond donors (Lipinski definition) is 2. The van der Waals surface area contributed by atoms with Crippen molar-refractivity contribution in [3.63, 3.8) is 0 Å². The van der Waals surface area contributed by atoms with Crippen LogP contribution in [0.3, 0.4) is 0 Å². The zero-order valence-corrected chi connectivity index (χ0v) is 16.2. The lowest BCUT2D eigenvalue weighted by atomic mass is 10.2. The Hall–Kier alpha value is -2.87. The van der Waals surface area contributed by atoms with E-state index in [-0.39, 0.29) is 6.03 Å². The molecule has 1 fully saturated rings. The molecule has 0 radical (unpaired) electrons. The Morgan fingerprint density at radius 1 is 1.04 bits per heavy atom. The lowest BCUT2D eigenvalue weighted by molar-refractivity contribution is 0.262. The van der Waals surface area contributed by atoms with E-state index in [9.17, 15) is 4.79 Å². The molecule has 0 spiro atoms. The average molecular weight is 370 g/mol. The second-order valence-corrected chi connectivity index (χ2v) is 6.64. The number of likely N-dealkylation sites (N-methyl/N-ethyl adjacent to an activating group) is 1. The molecule has 0 aliphatic carbocycles. The summed E-state index contributed by atoms with van der Waals surface area (Å²) in [5.41, 5.74) is 2.71. The van der Waals surface area contributed by atoms with Gasteiger partial charge in [0.2, 0.25) is 5.95 Å². The van der Waals surface area contributed by atoms with Crippen LogP contribution in [0.1, 0.15) is 11.4 Å². The second kappa shape index (κ2) is 8.22. The van der Waals surface area contributed by atoms with Gasteiger partial charge in [-0.2, -0.15) is 0 Å². The van der Waals surface area contributed by atoms with Crippen molar-refractivity contribution in [2.24, 2.45) is 0 Å². The first-order valence-electron chi connectivity index (χ1n) is 8.97. The van der Waals surface area contributed by atoms with E-state index in [4.69, 9.17) is 4.74 Å². The van der Waals surface area contributed by atoms with Crippen molar-refractivity contribution in [1.29, 1.82) is 0 Å². The first-order valence-corrected chi connectivity index (χ1v) is 8.97. The molecule has 1 aliphatic heterocycles. The Bertz CT molecular complexity index is 795. The van der Waals surface area contributed by atoms with Gasteiger partial charge in [-0.15, -0.1) is 0 Å². The number of benzene rings is 1. The molecule has 0 saturated carbocycles. The van der Waals surface area contributed by atoms with E-state index in [1.807, 2.05) is 26.0 Å². The van der Waals surface area contributed by atoms with Gasteiger partial charge in [0.05, 0.1) is 29.9 Å². The zero-order chi connectivity index (χ0) is 19.4. The Kier molecular flexibility index (Phi) is 5.75. The molecule has 8 heteroatoms. The van der Waals surface area contributed by atoms with Gasteiger partial charge >= 0.3 is 6.03 Å². The minimum atomic E-state index is -0.360. The van der Waals surface area contributed by atoms with Crippen LogP contribution < -0.4 is 20.3 Å². The molecule has 0 unspecified atom stereocenters. The highest BCUT2D eigenvalue weighted by Gasteiger charge is 2.19. The van der Waals surface area contributed by atoms with Gasteiger partial charge in [-0.25, -0.2) is 14.8 Å². The molecule has 3 rings (SSSR count). The fraction of sp³-hybridized carbons (Fsp3) is 0.421. The third-order valence-corrected chi connectivity index (χ3v) is 4.64. The molecule has 1 aliphatic rings. The first-order chi connectivity index (χ1) is 13.0. The molecule has 8 nitrogen and oxygen atoms in total. The van der Waals surface area contributed by atoms with Gasteiger partial charge in [0.15, 0.2) is 0 Å². The predicted octanol–water partition coefficient (Wildman–Crippen LogP) is 2.50. The Morgan fingerprint density at radius 2 is 1.67 bits per heavy atom. The van der Waals surface area contributed by atoms with Gasteiger partial charge < -0.3 is 25.2 Å². The maximum Gasteiger partial charge on any atom is 0.323 e. The van der Waals surface area contributed by atoms with Crippen molar-refractivity contribution in [2.75, 3.05) is 55.9 Å². The van der Waals surface area contributed by atoms with Crippen LogP contribution in [-0.4, -0.2) is 61.2 Å². The highest BCUT2D eigenvalue weighted by molar-refractivity contribution is 6.01. The van der Waals surface area contributed by atoms with Gasteiger partial charge in [-0.1, -0.05) is 12.1 Å². The highest BCUT2D eigenvalue weighted by Crippen LogP contribution is 2.25. The van der Waals surface area contributed by atoms with Crippen molar-refractivity contribution < 1.29 is 9.53 Å². The third-order valence-electron chi connectivity index (χ3n) is 4.64. The summed E-state index contributed by atoms with van der Waals surface area (Å²) in [5.74, 6) is 1.32. The van der Waals surface area contributed by atoms with E-state index in [0.717, 1.165) is 37.6 Å². The van der Waals surface area contributed by atoms with Gasteiger partial charge in [-0.3, -0.25) is 0 Å². The second-order valence-electron chi connectivity index (χ2n) is 6.64.